The zero-order valence-electron chi connectivity index (χ0n) is 26.9. The van der Waals surface area contributed by atoms with Crippen molar-refractivity contribution in [3.8, 4) is 0 Å². The number of anilines is 6. The van der Waals surface area contributed by atoms with Crippen molar-refractivity contribution in [3.05, 3.63) is 146 Å². The van der Waals surface area contributed by atoms with Gasteiger partial charge in [-0.25, -0.2) is 0 Å². The summed E-state index contributed by atoms with van der Waals surface area (Å²) in [6, 6.07) is 47.0. The summed E-state index contributed by atoms with van der Waals surface area (Å²) < 4.78 is 0. The van der Waals surface area contributed by atoms with Gasteiger partial charge in [-0.2, -0.15) is 0 Å². The molecule has 48 heavy (non-hydrogen) atoms. The zero-order chi connectivity index (χ0) is 33.4. The summed E-state index contributed by atoms with van der Waals surface area (Å²) in [5.41, 5.74) is 3.57. The second-order valence-corrected chi connectivity index (χ2v) is 11.9. The second kappa shape index (κ2) is 12.5. The topological polar surface area (TPSA) is 60.9 Å². The maximum Gasteiger partial charge on any atom is 0.228 e. The van der Waals surface area contributed by atoms with Gasteiger partial charge in [0.15, 0.2) is 0 Å². The van der Waals surface area contributed by atoms with E-state index in [2.05, 4.69) is 0 Å². The fourth-order valence-corrected chi connectivity index (χ4v) is 6.45. The molecule has 6 heteroatoms. The number of rotatable bonds is 6. The van der Waals surface area contributed by atoms with Gasteiger partial charge in [-0.1, -0.05) is 91.0 Å². The van der Waals surface area contributed by atoms with Gasteiger partial charge in [0.1, 0.15) is 0 Å². The Labute approximate surface area is 279 Å². The number of carbonyl (C=O) groups excluding carboxylic acids is 3. The molecule has 3 amide bonds. The molecule has 0 bridgehead atoms. The maximum atomic E-state index is 13.5. The van der Waals surface area contributed by atoms with Crippen molar-refractivity contribution >= 4 is 84.2 Å². The minimum absolute atomic E-state index is 0.214. The van der Waals surface area contributed by atoms with Gasteiger partial charge in [-0.15, -0.1) is 0 Å². The van der Waals surface area contributed by atoms with Crippen molar-refractivity contribution in [2.45, 2.75) is 20.8 Å². The average Bonchev–Trinajstić information content (AvgIpc) is 3.08. The molecule has 7 aromatic rings. The minimum atomic E-state index is -0.214. The van der Waals surface area contributed by atoms with E-state index in [1.54, 1.807) is 14.7 Å². The second-order valence-electron chi connectivity index (χ2n) is 11.9. The molecule has 7 rings (SSSR count). The summed E-state index contributed by atoms with van der Waals surface area (Å²) in [6.07, 6.45) is 0. The highest BCUT2D eigenvalue weighted by atomic mass is 16.2. The zero-order valence-corrected chi connectivity index (χ0v) is 26.9. The summed E-state index contributed by atoms with van der Waals surface area (Å²) in [5, 5.41) is 6.12. The van der Waals surface area contributed by atoms with Crippen LogP contribution in [-0.4, -0.2) is 17.7 Å². The summed E-state index contributed by atoms with van der Waals surface area (Å²) in [7, 11) is 0. The molecule has 0 saturated carbocycles. The molecular formula is C42H33N3O3. The summed E-state index contributed by atoms with van der Waals surface area (Å²) in [6.45, 7) is 4.54. The Hall–Kier alpha value is -6.27. The van der Waals surface area contributed by atoms with Crippen LogP contribution in [0.15, 0.2) is 146 Å². The monoisotopic (exact) mass is 627 g/mol. The molecule has 0 heterocycles. The SMILES string of the molecule is CC(=O)N(c1cc(N(C(C)=O)c2ccc3ccccc3c2)cc(N(C(C)=O)c2ccc3ccccc3c2)c1)c1ccc2ccccc2c1. The number of carbonyl (C=O) groups is 3. The molecule has 0 radical (unpaired) electrons. The number of fused-ring (bicyclic) bond motifs is 3. The number of nitrogens with zero attached hydrogens (tertiary/aromatic N) is 3. The van der Waals surface area contributed by atoms with Crippen molar-refractivity contribution in [1.82, 2.24) is 0 Å². The van der Waals surface area contributed by atoms with Gasteiger partial charge in [0.05, 0.1) is 17.1 Å². The van der Waals surface area contributed by atoms with Crippen LogP contribution in [0.3, 0.4) is 0 Å². The predicted molar refractivity (Wildman–Crippen MR) is 197 cm³/mol. The molecule has 0 fully saturated rings. The van der Waals surface area contributed by atoms with E-state index in [1.807, 2.05) is 146 Å². The van der Waals surface area contributed by atoms with Crippen LogP contribution in [0.4, 0.5) is 34.1 Å². The maximum absolute atomic E-state index is 13.5. The molecule has 6 nitrogen and oxygen atoms in total. The third-order valence-corrected chi connectivity index (χ3v) is 8.58. The average molecular weight is 628 g/mol. The third-order valence-electron chi connectivity index (χ3n) is 8.58. The molecule has 0 aliphatic carbocycles. The molecule has 0 aliphatic heterocycles. The van der Waals surface area contributed by atoms with Gasteiger partial charge < -0.3 is 0 Å². The highest BCUT2D eigenvalue weighted by Crippen LogP contribution is 2.40. The quantitative estimate of drug-likeness (QED) is 0.184. The van der Waals surface area contributed by atoms with E-state index in [0.29, 0.717) is 34.1 Å². The van der Waals surface area contributed by atoms with Gasteiger partial charge in [-0.05, 0) is 86.9 Å². The van der Waals surface area contributed by atoms with E-state index in [9.17, 15) is 14.4 Å². The standard InChI is InChI=1S/C42H33N3O3/c1-28(46)43(37-19-16-31-10-4-7-13-34(31)22-37)40-25-41(44(29(2)47)38-20-17-32-11-5-8-14-35(32)23-38)27-42(26-40)45(30(3)48)39-21-18-33-12-6-9-15-36(33)24-39/h4-27H,1-3H3. The van der Waals surface area contributed by atoms with Crippen LogP contribution < -0.4 is 14.7 Å². The van der Waals surface area contributed by atoms with Crippen LogP contribution in [-0.2, 0) is 14.4 Å². The van der Waals surface area contributed by atoms with Crippen LogP contribution in [0.1, 0.15) is 20.8 Å². The lowest BCUT2D eigenvalue weighted by Crippen LogP contribution is -2.27. The molecule has 234 valence electrons. The predicted octanol–water partition coefficient (Wildman–Crippen LogP) is 10.2. The van der Waals surface area contributed by atoms with Crippen LogP contribution in [0.2, 0.25) is 0 Å². The van der Waals surface area contributed by atoms with E-state index in [0.717, 1.165) is 32.3 Å². The van der Waals surface area contributed by atoms with E-state index in [-0.39, 0.29) is 17.7 Å². The Kier molecular flexibility index (Phi) is 7.91. The molecule has 7 aromatic carbocycles. The van der Waals surface area contributed by atoms with Crippen LogP contribution in [0.25, 0.3) is 32.3 Å². The molecular weight excluding hydrogens is 594 g/mol. The van der Waals surface area contributed by atoms with Gasteiger partial charge in [0.25, 0.3) is 0 Å². The Morgan fingerprint density at radius 3 is 0.812 bits per heavy atom. The highest BCUT2D eigenvalue weighted by Gasteiger charge is 2.24. The van der Waals surface area contributed by atoms with Gasteiger partial charge in [-0.3, -0.25) is 29.1 Å². The molecule has 0 atom stereocenters. The summed E-state index contributed by atoms with van der Waals surface area (Å²) in [5.74, 6) is -0.643. The Morgan fingerprint density at radius 2 is 0.562 bits per heavy atom. The van der Waals surface area contributed by atoms with Crippen molar-refractivity contribution < 1.29 is 14.4 Å². The normalized spacial score (nSPS) is 11.1. The molecule has 0 aromatic heterocycles. The van der Waals surface area contributed by atoms with E-state index in [4.69, 9.17) is 0 Å². The first kappa shape index (κ1) is 30.4. The van der Waals surface area contributed by atoms with E-state index >= 15 is 0 Å². The van der Waals surface area contributed by atoms with Crippen LogP contribution >= 0.6 is 0 Å². The molecule has 0 spiro atoms. The van der Waals surface area contributed by atoms with Gasteiger partial charge in [0.2, 0.25) is 17.7 Å². The van der Waals surface area contributed by atoms with Crippen LogP contribution in [0.5, 0.6) is 0 Å². The fourth-order valence-electron chi connectivity index (χ4n) is 6.45. The van der Waals surface area contributed by atoms with Crippen LogP contribution in [0, 0.1) is 0 Å². The van der Waals surface area contributed by atoms with Gasteiger partial charge >= 0.3 is 0 Å². The number of benzene rings is 7. The first-order valence-electron chi connectivity index (χ1n) is 15.8. The van der Waals surface area contributed by atoms with Crippen molar-refractivity contribution in [3.63, 3.8) is 0 Å². The lowest BCUT2D eigenvalue weighted by molar-refractivity contribution is -0.116. The molecule has 0 unspecified atom stereocenters. The smallest absolute Gasteiger partial charge is 0.228 e. The lowest BCUT2D eigenvalue weighted by Gasteiger charge is -2.30. The van der Waals surface area contributed by atoms with Crippen molar-refractivity contribution in [2.24, 2.45) is 0 Å². The van der Waals surface area contributed by atoms with Crippen molar-refractivity contribution in [1.29, 1.82) is 0 Å². The Bertz CT molecular complexity index is 2100. The van der Waals surface area contributed by atoms with Crippen molar-refractivity contribution in [2.75, 3.05) is 14.7 Å². The largest absolute Gasteiger partial charge is 0.281 e. The minimum Gasteiger partial charge on any atom is -0.281 e. The third kappa shape index (κ3) is 5.76. The first-order chi connectivity index (χ1) is 23.3. The highest BCUT2D eigenvalue weighted by molar-refractivity contribution is 6.08. The fraction of sp³-hybridized carbons (Fsp3) is 0.0714. The lowest BCUT2D eigenvalue weighted by atomic mass is 10.1. The number of amides is 3. The summed E-state index contributed by atoms with van der Waals surface area (Å²) in [4.78, 5) is 45.4. The summed E-state index contributed by atoms with van der Waals surface area (Å²) >= 11 is 0. The van der Waals surface area contributed by atoms with E-state index < -0.39 is 0 Å². The number of hydrogen-bond acceptors (Lipinski definition) is 3. The Balaban J connectivity index is 1.46. The Morgan fingerprint density at radius 1 is 0.312 bits per heavy atom. The number of hydrogen-bond donors (Lipinski definition) is 0. The van der Waals surface area contributed by atoms with E-state index in [1.165, 1.54) is 20.8 Å². The molecule has 0 aliphatic rings. The molecule has 0 N–H and O–H groups in total. The first-order valence-corrected chi connectivity index (χ1v) is 15.8. The molecule has 0 saturated heterocycles. The van der Waals surface area contributed by atoms with Gasteiger partial charge in [0, 0.05) is 37.8 Å².